The number of anilines is 2. The van der Waals surface area contributed by atoms with Gasteiger partial charge in [-0.1, -0.05) is 35.9 Å². The molecule has 5 rings (SSSR count). The molecular weight excluding hydrogens is 432 g/mol. The van der Waals surface area contributed by atoms with Gasteiger partial charge in [0.15, 0.2) is 0 Å². The number of aromatic nitrogens is 1. The molecule has 0 amide bonds. The Bertz CT molecular complexity index is 1260. The van der Waals surface area contributed by atoms with E-state index in [1.807, 2.05) is 72.9 Å². The van der Waals surface area contributed by atoms with Crippen LogP contribution >= 0.6 is 11.6 Å². The average molecular weight is 455 g/mol. The van der Waals surface area contributed by atoms with Crippen LogP contribution in [0.3, 0.4) is 0 Å². The molecule has 2 heterocycles. The summed E-state index contributed by atoms with van der Waals surface area (Å²) in [5.74, 6) is 2.52. The van der Waals surface area contributed by atoms with E-state index in [0.717, 1.165) is 46.4 Å². The number of hydrogen-bond acceptors (Lipinski definition) is 4. The third-order valence-corrected chi connectivity index (χ3v) is 5.62. The number of pyridine rings is 1. The first kappa shape index (κ1) is 21.0. The second kappa shape index (κ2) is 9.76. The van der Waals surface area contributed by atoms with E-state index in [2.05, 4.69) is 33.8 Å². The van der Waals surface area contributed by atoms with E-state index in [4.69, 9.17) is 21.3 Å². The Morgan fingerprint density at radius 1 is 0.939 bits per heavy atom. The minimum Gasteiger partial charge on any atom is -0.457 e. The molecule has 164 valence electrons. The lowest BCUT2D eigenvalue weighted by molar-refractivity contribution is 0.482. The summed E-state index contributed by atoms with van der Waals surface area (Å²) in [5.41, 5.74) is 5.55. The lowest BCUT2D eigenvalue weighted by Crippen LogP contribution is -2.06. The smallest absolute Gasteiger partial charge is 0.127 e. The second-order valence-corrected chi connectivity index (χ2v) is 8.25. The predicted molar refractivity (Wildman–Crippen MR) is 134 cm³/mol. The van der Waals surface area contributed by atoms with Crippen molar-refractivity contribution in [3.8, 4) is 11.5 Å². The lowest BCUT2D eigenvalue weighted by Gasteiger charge is -2.08. The molecule has 0 saturated heterocycles. The molecule has 0 unspecified atom stereocenters. The maximum Gasteiger partial charge on any atom is 0.127 e. The Kier molecular flexibility index (Phi) is 6.22. The largest absolute Gasteiger partial charge is 0.457 e. The Hall–Kier alpha value is -3.83. The van der Waals surface area contributed by atoms with E-state index in [1.165, 1.54) is 5.56 Å². The molecule has 0 aliphatic carbocycles. The minimum atomic E-state index is 0.613. The van der Waals surface area contributed by atoms with Crippen LogP contribution in [-0.2, 0) is 19.5 Å². The van der Waals surface area contributed by atoms with E-state index in [0.29, 0.717) is 18.1 Å². The van der Waals surface area contributed by atoms with Crippen LogP contribution < -0.4 is 15.4 Å². The summed E-state index contributed by atoms with van der Waals surface area (Å²) in [5, 5.41) is 7.57. The summed E-state index contributed by atoms with van der Waals surface area (Å²) in [6.07, 6.45) is 2.62. The highest BCUT2D eigenvalue weighted by atomic mass is 35.5. The molecular formula is C27H23ClN4O. The molecule has 3 aromatic carbocycles. The van der Waals surface area contributed by atoms with Crippen molar-refractivity contribution < 1.29 is 4.74 Å². The summed E-state index contributed by atoms with van der Waals surface area (Å²) in [7, 11) is 0. The molecule has 0 atom stereocenters. The van der Waals surface area contributed by atoms with Gasteiger partial charge in [0.2, 0.25) is 0 Å². The molecule has 0 spiro atoms. The van der Waals surface area contributed by atoms with Gasteiger partial charge in [-0.2, -0.15) is 0 Å². The topological polar surface area (TPSA) is 58.5 Å². The number of halogens is 1. The van der Waals surface area contributed by atoms with Gasteiger partial charge in [-0.3, -0.25) is 9.98 Å². The van der Waals surface area contributed by atoms with Crippen LogP contribution in [0.2, 0.25) is 5.02 Å². The molecule has 33 heavy (non-hydrogen) atoms. The zero-order valence-electron chi connectivity index (χ0n) is 18.0. The molecule has 0 bridgehead atoms. The highest BCUT2D eigenvalue weighted by Crippen LogP contribution is 2.28. The number of hydrogen-bond donors (Lipinski definition) is 2. The van der Waals surface area contributed by atoms with E-state index < -0.39 is 0 Å². The highest BCUT2D eigenvalue weighted by Gasteiger charge is 2.16. The molecule has 0 fully saturated rings. The molecule has 1 aromatic heterocycles. The SMILES string of the molecule is Clc1ccc(Oc2ccc(CN=C3Cc4ccc(NCc5ccccn5)cc4N3)cc2)cc1. The summed E-state index contributed by atoms with van der Waals surface area (Å²) < 4.78 is 5.85. The van der Waals surface area contributed by atoms with Gasteiger partial charge in [0, 0.05) is 29.0 Å². The maximum absolute atomic E-state index is 5.92. The number of benzene rings is 3. The maximum atomic E-state index is 5.92. The molecule has 2 N–H and O–H groups in total. The van der Waals surface area contributed by atoms with Crippen molar-refractivity contribution in [1.82, 2.24) is 4.98 Å². The Morgan fingerprint density at radius 2 is 1.73 bits per heavy atom. The highest BCUT2D eigenvalue weighted by molar-refractivity contribution is 6.30. The van der Waals surface area contributed by atoms with Gasteiger partial charge >= 0.3 is 0 Å². The van der Waals surface area contributed by atoms with Crippen molar-refractivity contribution in [1.29, 1.82) is 0 Å². The third-order valence-electron chi connectivity index (χ3n) is 5.37. The zero-order chi connectivity index (χ0) is 22.5. The summed E-state index contributed by atoms with van der Waals surface area (Å²) in [6.45, 7) is 1.31. The van der Waals surface area contributed by atoms with Gasteiger partial charge in [-0.25, -0.2) is 0 Å². The van der Waals surface area contributed by atoms with Crippen LogP contribution in [-0.4, -0.2) is 10.8 Å². The standard InChI is InChI=1S/C27H23ClN4O/c28-21-7-12-25(13-8-21)33-24-10-4-19(5-11-24)17-31-27-15-20-6-9-22(16-26(20)32-27)30-18-23-3-1-2-14-29-23/h1-14,16,30H,15,17-18H2,(H,31,32). The Morgan fingerprint density at radius 3 is 2.48 bits per heavy atom. The van der Waals surface area contributed by atoms with E-state index in [1.54, 1.807) is 0 Å². The van der Waals surface area contributed by atoms with Gasteiger partial charge in [0.1, 0.15) is 17.3 Å². The number of ether oxygens (including phenoxy) is 1. The molecule has 4 aromatic rings. The van der Waals surface area contributed by atoms with Gasteiger partial charge in [0.05, 0.1) is 18.8 Å². The minimum absolute atomic E-state index is 0.613. The molecule has 0 radical (unpaired) electrons. The predicted octanol–water partition coefficient (Wildman–Crippen LogP) is 6.71. The second-order valence-electron chi connectivity index (χ2n) is 7.81. The van der Waals surface area contributed by atoms with Crippen LogP contribution in [0.1, 0.15) is 16.8 Å². The fraction of sp³-hybridized carbons (Fsp3) is 0.111. The summed E-state index contributed by atoms with van der Waals surface area (Å²) in [4.78, 5) is 9.13. The number of amidine groups is 1. The number of aliphatic imine (C=N–C) groups is 1. The number of nitrogens with zero attached hydrogens (tertiary/aromatic N) is 2. The molecule has 0 saturated carbocycles. The zero-order valence-corrected chi connectivity index (χ0v) is 18.7. The van der Waals surface area contributed by atoms with Gasteiger partial charge in [0.25, 0.3) is 0 Å². The Balaban J connectivity index is 1.16. The fourth-order valence-corrected chi connectivity index (χ4v) is 3.74. The molecule has 6 heteroatoms. The van der Waals surface area contributed by atoms with Crippen molar-refractivity contribution in [3.63, 3.8) is 0 Å². The van der Waals surface area contributed by atoms with E-state index in [-0.39, 0.29) is 0 Å². The summed E-state index contributed by atoms with van der Waals surface area (Å²) in [6, 6.07) is 27.6. The van der Waals surface area contributed by atoms with Crippen molar-refractivity contribution in [2.75, 3.05) is 10.6 Å². The molecule has 1 aliphatic heterocycles. The van der Waals surface area contributed by atoms with E-state index >= 15 is 0 Å². The summed E-state index contributed by atoms with van der Waals surface area (Å²) >= 11 is 5.92. The van der Waals surface area contributed by atoms with Crippen LogP contribution in [0.25, 0.3) is 0 Å². The first-order valence-electron chi connectivity index (χ1n) is 10.8. The fourth-order valence-electron chi connectivity index (χ4n) is 3.62. The van der Waals surface area contributed by atoms with Crippen LogP contribution in [0.5, 0.6) is 11.5 Å². The van der Waals surface area contributed by atoms with Crippen LogP contribution in [0, 0.1) is 0 Å². The van der Waals surface area contributed by atoms with Gasteiger partial charge in [-0.15, -0.1) is 0 Å². The van der Waals surface area contributed by atoms with Gasteiger partial charge < -0.3 is 15.4 Å². The number of nitrogens with one attached hydrogen (secondary N) is 2. The van der Waals surface area contributed by atoms with Crippen molar-refractivity contribution in [2.45, 2.75) is 19.5 Å². The monoisotopic (exact) mass is 454 g/mol. The molecule has 5 nitrogen and oxygen atoms in total. The van der Waals surface area contributed by atoms with Crippen molar-refractivity contribution in [3.05, 3.63) is 113 Å². The lowest BCUT2D eigenvalue weighted by atomic mass is 10.1. The first-order valence-corrected chi connectivity index (χ1v) is 11.2. The quantitative estimate of drug-likeness (QED) is 0.326. The van der Waals surface area contributed by atoms with Gasteiger partial charge in [-0.05, 0) is 71.8 Å². The Labute approximate surface area is 198 Å². The van der Waals surface area contributed by atoms with E-state index in [9.17, 15) is 0 Å². The third kappa shape index (κ3) is 5.51. The van der Waals surface area contributed by atoms with Crippen molar-refractivity contribution in [2.24, 2.45) is 4.99 Å². The van der Waals surface area contributed by atoms with Crippen LogP contribution in [0.15, 0.2) is 96.1 Å². The van der Waals surface area contributed by atoms with Crippen molar-refractivity contribution >= 4 is 28.8 Å². The normalized spacial score (nSPS) is 13.4. The number of rotatable bonds is 7. The number of fused-ring (bicyclic) bond motifs is 1. The van der Waals surface area contributed by atoms with Crippen LogP contribution in [0.4, 0.5) is 11.4 Å². The average Bonchev–Trinajstić information content (AvgIpc) is 3.27. The first-order chi connectivity index (χ1) is 16.2. The molecule has 1 aliphatic rings.